The molecule has 1 heterocycles. The number of ether oxygens (including phenoxy) is 1. The van der Waals surface area contributed by atoms with Crippen LogP contribution in [0, 0.1) is 5.39 Å². The molecule has 10 heteroatoms. The van der Waals surface area contributed by atoms with Crippen molar-refractivity contribution in [3.05, 3.63) is 26.9 Å². The minimum absolute atomic E-state index is 0.0545. The van der Waals surface area contributed by atoms with Gasteiger partial charge in [-0.05, 0) is 32.7 Å². The molecule has 0 bridgehead atoms. The Bertz CT molecular complexity index is 592. The molecule has 1 fully saturated rings. The lowest BCUT2D eigenvalue weighted by molar-refractivity contribution is -0.149. The van der Waals surface area contributed by atoms with E-state index in [1.54, 1.807) is 20.8 Å². The van der Waals surface area contributed by atoms with Crippen LogP contribution in [0.15, 0.2) is 16.6 Å². The van der Waals surface area contributed by atoms with E-state index in [1.165, 1.54) is 0 Å². The minimum Gasteiger partial charge on any atom is -0.505 e. The molecule has 2 unspecified atom stereocenters. The van der Waals surface area contributed by atoms with Gasteiger partial charge >= 0.3 is 11.7 Å². The van der Waals surface area contributed by atoms with Crippen molar-refractivity contribution < 1.29 is 19.4 Å². The van der Waals surface area contributed by atoms with Crippen molar-refractivity contribution in [2.45, 2.75) is 51.3 Å². The number of azide groups is 1. The number of rotatable bonds is 5. The summed E-state index contributed by atoms with van der Waals surface area (Å²) < 4.78 is 4.99. The first-order valence-corrected chi connectivity index (χ1v) is 6.54. The van der Waals surface area contributed by atoms with Gasteiger partial charge in [0.1, 0.15) is 11.6 Å². The van der Waals surface area contributed by atoms with Gasteiger partial charge in [0.15, 0.2) is 10.7 Å². The Morgan fingerprint density at radius 3 is 2.64 bits per heavy atom. The van der Waals surface area contributed by atoms with Crippen LogP contribution in [0.2, 0.25) is 0 Å². The maximum Gasteiger partial charge on any atom is 0.505 e. The van der Waals surface area contributed by atoms with E-state index in [1.807, 2.05) is 0 Å². The van der Waals surface area contributed by atoms with Gasteiger partial charge in [-0.1, -0.05) is 5.11 Å². The zero-order valence-electron chi connectivity index (χ0n) is 12.5. The third-order valence-electron chi connectivity index (χ3n) is 2.81. The highest BCUT2D eigenvalue weighted by Crippen LogP contribution is 2.21. The Kier molecular flexibility index (Phi) is 5.32. The van der Waals surface area contributed by atoms with Crippen LogP contribution in [-0.2, 0) is 14.3 Å². The topological polar surface area (TPSA) is 153 Å². The van der Waals surface area contributed by atoms with E-state index in [-0.39, 0.29) is 12.8 Å². The normalized spacial score (nSPS) is 21.5. The van der Waals surface area contributed by atoms with Crippen LogP contribution in [0.5, 0.6) is 0 Å². The number of esters is 1. The number of hydrogen-bond donors (Lipinski definition) is 2. The van der Waals surface area contributed by atoms with Gasteiger partial charge in [0.05, 0.1) is 0 Å². The number of nitrogens with one attached hydrogen (secondary N) is 1. The highest BCUT2D eigenvalue weighted by molar-refractivity contribution is 5.91. The fourth-order valence-corrected chi connectivity index (χ4v) is 1.81. The molecule has 22 heavy (non-hydrogen) atoms. The van der Waals surface area contributed by atoms with E-state index in [0.29, 0.717) is 0 Å². The van der Waals surface area contributed by atoms with Gasteiger partial charge in [-0.25, -0.2) is 4.79 Å². The number of hydrogen-bond acceptors (Lipinski definition) is 6. The third-order valence-corrected chi connectivity index (χ3v) is 2.81. The predicted octanol–water partition coefficient (Wildman–Crippen LogP) is 1.91. The molecule has 2 N–H and O–H groups in total. The molecule has 10 nitrogen and oxygen atoms in total. The van der Waals surface area contributed by atoms with Crippen LogP contribution >= 0.6 is 0 Å². The van der Waals surface area contributed by atoms with Crippen LogP contribution in [0.25, 0.3) is 15.4 Å². The van der Waals surface area contributed by atoms with E-state index in [2.05, 4.69) is 20.3 Å². The highest BCUT2D eigenvalue weighted by Gasteiger charge is 2.39. The van der Waals surface area contributed by atoms with Gasteiger partial charge < -0.3 is 15.2 Å². The Morgan fingerprint density at radius 1 is 1.55 bits per heavy atom. The smallest absolute Gasteiger partial charge is 0.505 e. The number of carbonyl (C=O) groups is 2. The monoisotopic (exact) mass is 309 g/mol. The Hall–Kier alpha value is -2.79. The molecule has 1 rings (SSSR count). The molecular weight excluding hydrogens is 292 g/mol. The van der Waals surface area contributed by atoms with Crippen molar-refractivity contribution in [1.29, 1.82) is 5.39 Å². The number of carbonyl (C=O) groups excluding carboxylic acids is 2. The summed E-state index contributed by atoms with van der Waals surface area (Å²) in [5.41, 5.74) is 6.93. The number of β-lactam (4-membered cyclic amide) rings is 1. The maximum absolute atomic E-state index is 11.7. The van der Waals surface area contributed by atoms with Gasteiger partial charge in [-0.15, -0.1) is 0 Å². The number of nitrogens with zero attached hydrogens (tertiary/aromatic N) is 5. The molecule has 0 aromatic rings. The Morgan fingerprint density at radius 2 is 2.18 bits per heavy atom. The predicted molar refractivity (Wildman–Crippen MR) is 74.7 cm³/mol. The van der Waals surface area contributed by atoms with E-state index < -0.39 is 41.0 Å². The lowest BCUT2D eigenvalue weighted by Crippen LogP contribution is -2.61. The lowest BCUT2D eigenvalue weighted by atomic mass is 9.94. The fraction of sp³-hybridized carbons (Fsp3) is 0.667. The van der Waals surface area contributed by atoms with Crippen molar-refractivity contribution in [2.75, 3.05) is 0 Å². The molecule has 118 valence electrons. The van der Waals surface area contributed by atoms with Crippen LogP contribution in [0.3, 0.4) is 0 Å². The molecule has 0 spiro atoms. The van der Waals surface area contributed by atoms with Crippen LogP contribution in [-0.4, -0.2) is 34.7 Å². The molecule has 0 radical (unpaired) electrons. The van der Waals surface area contributed by atoms with Gasteiger partial charge in [-0.3, -0.25) is 4.79 Å². The molecule has 0 aliphatic carbocycles. The molecular formula is C12H17N6O4+. The average molecular weight is 309 g/mol. The summed E-state index contributed by atoms with van der Waals surface area (Å²) in [4.78, 5) is 28.2. The quantitative estimate of drug-likeness (QED) is 0.116. The third kappa shape index (κ3) is 4.36. The Labute approximate surface area is 126 Å². The van der Waals surface area contributed by atoms with Crippen molar-refractivity contribution >= 4 is 11.9 Å². The van der Waals surface area contributed by atoms with E-state index in [4.69, 9.17) is 15.7 Å². The van der Waals surface area contributed by atoms with Gasteiger partial charge in [0.25, 0.3) is 0 Å². The summed E-state index contributed by atoms with van der Waals surface area (Å²) in [7, 11) is 0. The second kappa shape index (κ2) is 6.78. The standard InChI is InChI=1S/C12H16N6O4/c1-12(2,3)22-11(21)9(16-13)7(19)5-4-6-8(17-18-14)10(20)15-6/h6,8H,4-5H2,1-3H3,(H-,15,19,20,21)/p+1. The summed E-state index contributed by atoms with van der Waals surface area (Å²) in [6.07, 6.45) is 0.157. The minimum atomic E-state index is -0.961. The summed E-state index contributed by atoms with van der Waals surface area (Å²) >= 11 is 0. The molecule has 0 saturated carbocycles. The SMILES string of the molecule is CC(C)(C)OC(=O)/C([N+]#N)=C(\O)CCC1NC(=O)C1N=[N+]=[N-]. The van der Waals surface area contributed by atoms with Crippen molar-refractivity contribution in [3.8, 4) is 0 Å². The fourth-order valence-electron chi connectivity index (χ4n) is 1.81. The summed E-state index contributed by atoms with van der Waals surface area (Å²) in [5.74, 6) is -1.83. The van der Waals surface area contributed by atoms with E-state index in [0.717, 1.165) is 0 Å². The van der Waals surface area contributed by atoms with Gasteiger partial charge in [0.2, 0.25) is 11.3 Å². The van der Waals surface area contributed by atoms with Crippen LogP contribution < -0.4 is 5.32 Å². The molecule has 1 amide bonds. The number of amides is 1. The number of aliphatic hydroxyl groups excluding tert-OH is 1. The second-order valence-electron chi connectivity index (χ2n) is 5.70. The van der Waals surface area contributed by atoms with Crippen LogP contribution in [0.4, 0.5) is 0 Å². The highest BCUT2D eigenvalue weighted by atomic mass is 16.6. The van der Waals surface area contributed by atoms with Crippen molar-refractivity contribution in [3.63, 3.8) is 0 Å². The number of allylic oxidation sites excluding steroid dienone is 1. The first-order chi connectivity index (χ1) is 10.2. The first-order valence-electron chi connectivity index (χ1n) is 6.54. The molecule has 1 aliphatic heterocycles. The molecule has 2 atom stereocenters. The average Bonchev–Trinajstić information content (AvgIpc) is 2.39. The molecule has 0 aromatic carbocycles. The van der Waals surface area contributed by atoms with Crippen molar-refractivity contribution in [2.24, 2.45) is 5.11 Å². The molecule has 1 aliphatic rings. The lowest BCUT2D eigenvalue weighted by Gasteiger charge is -2.33. The zero-order valence-corrected chi connectivity index (χ0v) is 12.5. The van der Waals surface area contributed by atoms with Gasteiger partial charge in [-0.2, -0.15) is 0 Å². The summed E-state index contributed by atoms with van der Waals surface area (Å²) in [6, 6.07) is -1.28. The number of aliphatic hydroxyl groups is 1. The molecule has 0 aromatic heterocycles. The zero-order chi connectivity index (χ0) is 16.9. The summed E-state index contributed by atoms with van der Waals surface area (Å²) in [5, 5.41) is 24.5. The second-order valence-corrected chi connectivity index (χ2v) is 5.70. The molecule has 1 saturated heterocycles. The summed E-state index contributed by atoms with van der Waals surface area (Å²) in [6.45, 7) is 4.89. The number of diazo groups is 1. The van der Waals surface area contributed by atoms with Gasteiger partial charge in [0, 0.05) is 17.4 Å². The van der Waals surface area contributed by atoms with E-state index in [9.17, 15) is 14.7 Å². The maximum atomic E-state index is 11.7. The van der Waals surface area contributed by atoms with Crippen LogP contribution in [0.1, 0.15) is 33.6 Å². The first kappa shape index (κ1) is 17.3. The Balaban J connectivity index is 2.70. The van der Waals surface area contributed by atoms with Crippen molar-refractivity contribution in [1.82, 2.24) is 5.32 Å². The van der Waals surface area contributed by atoms with E-state index >= 15 is 0 Å². The largest absolute Gasteiger partial charge is 0.505 e.